The van der Waals surface area contributed by atoms with E-state index in [9.17, 15) is 19.7 Å². The van der Waals surface area contributed by atoms with Crippen LogP contribution in [0.5, 0.6) is 0 Å². The third-order valence-corrected chi connectivity index (χ3v) is 4.42. The van der Waals surface area contributed by atoms with Gasteiger partial charge in [-0.15, -0.1) is 0 Å². The highest BCUT2D eigenvalue weighted by atomic mass is 16.6. The Kier molecular flexibility index (Phi) is 6.10. The first kappa shape index (κ1) is 21.0. The van der Waals surface area contributed by atoms with E-state index in [1.165, 1.54) is 6.20 Å². The van der Waals surface area contributed by atoms with Gasteiger partial charge >= 0.3 is 17.2 Å². The van der Waals surface area contributed by atoms with Crippen molar-refractivity contribution in [1.82, 2.24) is 9.38 Å². The van der Waals surface area contributed by atoms with Crippen LogP contribution >= 0.6 is 0 Å². The van der Waals surface area contributed by atoms with Gasteiger partial charge in [0.15, 0.2) is 0 Å². The third-order valence-electron chi connectivity index (χ3n) is 4.42. The summed E-state index contributed by atoms with van der Waals surface area (Å²) in [4.78, 5) is 40.1. The van der Waals surface area contributed by atoms with Crippen molar-refractivity contribution in [1.29, 1.82) is 0 Å². The predicted molar refractivity (Wildman–Crippen MR) is 112 cm³/mol. The van der Waals surface area contributed by atoms with E-state index in [1.807, 2.05) is 31.2 Å². The maximum absolute atomic E-state index is 12.7. The number of carbonyl (C=O) groups excluding carboxylic acids is 1. The fourth-order valence-corrected chi connectivity index (χ4v) is 3.04. The molecular weight excluding hydrogens is 388 g/mol. The van der Waals surface area contributed by atoms with Gasteiger partial charge in [0.2, 0.25) is 5.82 Å². The molecule has 2 aromatic heterocycles. The van der Waals surface area contributed by atoms with Gasteiger partial charge in [-0.05, 0) is 38.5 Å². The molecule has 9 heteroatoms. The van der Waals surface area contributed by atoms with Gasteiger partial charge in [0.1, 0.15) is 5.65 Å². The Morgan fingerprint density at radius 3 is 2.57 bits per heavy atom. The van der Waals surface area contributed by atoms with Gasteiger partial charge in [-0.1, -0.05) is 35.9 Å². The van der Waals surface area contributed by atoms with Gasteiger partial charge in [0, 0.05) is 6.20 Å². The normalized spacial score (nSPS) is 12.0. The van der Waals surface area contributed by atoms with Gasteiger partial charge in [-0.2, -0.15) is 0 Å². The Hall–Kier alpha value is -3.75. The van der Waals surface area contributed by atoms with E-state index in [0.29, 0.717) is 5.56 Å². The number of hydrogen-bond acceptors (Lipinski definition) is 7. The third kappa shape index (κ3) is 4.62. The van der Waals surface area contributed by atoms with E-state index in [0.717, 1.165) is 9.96 Å². The highest BCUT2D eigenvalue weighted by Crippen LogP contribution is 2.27. The van der Waals surface area contributed by atoms with E-state index < -0.39 is 28.2 Å². The molecule has 3 rings (SSSR count). The molecule has 0 saturated carbocycles. The molecule has 30 heavy (non-hydrogen) atoms. The molecule has 2 heterocycles. The Morgan fingerprint density at radius 1 is 1.23 bits per heavy atom. The van der Waals surface area contributed by atoms with E-state index in [1.54, 1.807) is 32.0 Å². The maximum atomic E-state index is 12.7. The van der Waals surface area contributed by atoms with Crippen molar-refractivity contribution >= 4 is 23.1 Å². The Labute approximate surface area is 172 Å². The lowest BCUT2D eigenvalue weighted by Gasteiger charge is -2.20. The summed E-state index contributed by atoms with van der Waals surface area (Å²) < 4.78 is 6.34. The molecule has 0 fully saturated rings. The first-order valence-electron chi connectivity index (χ1n) is 9.44. The highest BCUT2D eigenvalue weighted by molar-refractivity contribution is 5.72. The molecule has 9 nitrogen and oxygen atoms in total. The van der Waals surface area contributed by atoms with Crippen molar-refractivity contribution in [3.05, 3.63) is 80.3 Å². The fraction of sp³-hybridized carbons (Fsp3) is 0.286. The number of hydrogen-bond donors (Lipinski definition) is 1. The SMILES string of the molecule is Cc1ccc(C(CC(=O)OC(C)C)Nc2nc3ccccn3c(=O)c2[N+](=O)[O-])cc1. The zero-order valence-electron chi connectivity index (χ0n) is 16.9. The molecule has 0 spiro atoms. The minimum Gasteiger partial charge on any atom is -0.463 e. The molecule has 156 valence electrons. The number of nitro groups is 1. The molecule has 1 atom stereocenters. The number of esters is 1. The quantitative estimate of drug-likeness (QED) is 0.360. The average molecular weight is 410 g/mol. The van der Waals surface area contributed by atoms with Gasteiger partial charge in [-0.3, -0.25) is 24.1 Å². The van der Waals surface area contributed by atoms with Gasteiger partial charge in [0.25, 0.3) is 0 Å². The number of anilines is 1. The second kappa shape index (κ2) is 8.73. The second-order valence-corrected chi connectivity index (χ2v) is 7.15. The van der Waals surface area contributed by atoms with Crippen LogP contribution in [0.25, 0.3) is 5.65 Å². The molecule has 0 saturated heterocycles. The van der Waals surface area contributed by atoms with Gasteiger partial charge < -0.3 is 10.1 Å². The number of aryl methyl sites for hydroxylation is 1. The number of aromatic nitrogens is 2. The maximum Gasteiger partial charge on any atom is 0.376 e. The molecule has 3 aromatic rings. The van der Waals surface area contributed by atoms with E-state index in [2.05, 4.69) is 10.3 Å². The summed E-state index contributed by atoms with van der Waals surface area (Å²) in [6, 6.07) is 11.5. The molecule has 1 aromatic carbocycles. The van der Waals surface area contributed by atoms with Crippen molar-refractivity contribution in [2.45, 2.75) is 39.3 Å². The summed E-state index contributed by atoms with van der Waals surface area (Å²) in [5, 5.41) is 14.6. The lowest BCUT2D eigenvalue weighted by Crippen LogP contribution is -2.24. The van der Waals surface area contributed by atoms with Crippen LogP contribution in [0.15, 0.2) is 53.5 Å². The first-order chi connectivity index (χ1) is 14.3. The lowest BCUT2D eigenvalue weighted by atomic mass is 10.0. The van der Waals surface area contributed by atoms with E-state index in [4.69, 9.17) is 4.74 Å². The number of benzene rings is 1. The van der Waals surface area contributed by atoms with E-state index in [-0.39, 0.29) is 24.0 Å². The standard InChI is InChI=1S/C21H22N4O5/c1-13(2)30-18(26)12-16(15-9-7-14(3)8-10-15)22-20-19(25(28)29)21(27)24-11-5-4-6-17(24)23-20/h4-11,13,16,22H,12H2,1-3H3. The van der Waals surface area contributed by atoms with Crippen LogP contribution in [-0.4, -0.2) is 26.4 Å². The summed E-state index contributed by atoms with van der Waals surface area (Å²) in [7, 11) is 0. The first-order valence-corrected chi connectivity index (χ1v) is 9.44. The van der Waals surface area contributed by atoms with Crippen LogP contribution in [0.3, 0.4) is 0 Å². The summed E-state index contributed by atoms with van der Waals surface area (Å²) in [6.45, 7) is 5.40. The average Bonchev–Trinajstić information content (AvgIpc) is 2.67. The Morgan fingerprint density at radius 2 is 1.93 bits per heavy atom. The molecule has 0 aliphatic rings. The van der Waals surface area contributed by atoms with Crippen molar-refractivity contribution in [3.63, 3.8) is 0 Å². The molecular formula is C21H22N4O5. The van der Waals surface area contributed by atoms with Crippen molar-refractivity contribution in [2.75, 3.05) is 5.32 Å². The van der Waals surface area contributed by atoms with Crippen molar-refractivity contribution in [3.8, 4) is 0 Å². The molecule has 0 aliphatic carbocycles. The minimum atomic E-state index is -0.805. The van der Waals surface area contributed by atoms with Crippen molar-refractivity contribution < 1.29 is 14.5 Å². The zero-order chi connectivity index (χ0) is 21.8. The lowest BCUT2D eigenvalue weighted by molar-refractivity contribution is -0.385. The molecule has 0 radical (unpaired) electrons. The van der Waals surface area contributed by atoms with Gasteiger partial charge in [-0.25, -0.2) is 4.98 Å². The molecule has 1 N–H and O–H groups in total. The highest BCUT2D eigenvalue weighted by Gasteiger charge is 2.27. The number of carbonyl (C=O) groups is 1. The monoisotopic (exact) mass is 410 g/mol. The topological polar surface area (TPSA) is 116 Å². The number of nitrogens with zero attached hydrogens (tertiary/aromatic N) is 3. The minimum absolute atomic E-state index is 0.0891. The van der Waals surface area contributed by atoms with Crippen LogP contribution < -0.4 is 10.9 Å². The van der Waals surface area contributed by atoms with Crippen LogP contribution in [0, 0.1) is 17.0 Å². The zero-order valence-corrected chi connectivity index (χ0v) is 16.9. The number of rotatable bonds is 7. The number of pyridine rings is 1. The summed E-state index contributed by atoms with van der Waals surface area (Å²) in [6.07, 6.45) is 1.03. The number of ether oxygens (including phenoxy) is 1. The van der Waals surface area contributed by atoms with Gasteiger partial charge in [0.05, 0.1) is 23.5 Å². The molecule has 0 amide bonds. The van der Waals surface area contributed by atoms with E-state index >= 15 is 0 Å². The predicted octanol–water partition coefficient (Wildman–Crippen LogP) is 3.41. The van der Waals surface area contributed by atoms with Crippen LogP contribution in [0.1, 0.15) is 37.4 Å². The van der Waals surface area contributed by atoms with Crippen LogP contribution in [0.4, 0.5) is 11.5 Å². The molecule has 0 aliphatic heterocycles. The molecule has 1 unspecified atom stereocenters. The number of nitrogens with one attached hydrogen (secondary N) is 1. The largest absolute Gasteiger partial charge is 0.463 e. The smallest absolute Gasteiger partial charge is 0.376 e. The second-order valence-electron chi connectivity index (χ2n) is 7.15. The summed E-state index contributed by atoms with van der Waals surface area (Å²) >= 11 is 0. The number of fused-ring (bicyclic) bond motifs is 1. The summed E-state index contributed by atoms with van der Waals surface area (Å²) in [5.74, 6) is -0.664. The summed E-state index contributed by atoms with van der Waals surface area (Å²) in [5.41, 5.74) is 0.498. The van der Waals surface area contributed by atoms with Crippen molar-refractivity contribution in [2.24, 2.45) is 0 Å². The van der Waals surface area contributed by atoms with Crippen LogP contribution in [-0.2, 0) is 9.53 Å². The fourth-order valence-electron chi connectivity index (χ4n) is 3.04. The Bertz CT molecular complexity index is 1140. The van der Waals surface area contributed by atoms with Crippen LogP contribution in [0.2, 0.25) is 0 Å². The molecule has 0 bridgehead atoms. The Balaban J connectivity index is 2.07.